The van der Waals surface area contributed by atoms with Crippen LogP contribution in [0.15, 0.2) is 28.8 Å². The van der Waals surface area contributed by atoms with Crippen molar-refractivity contribution in [3.05, 3.63) is 23.8 Å². The maximum atomic E-state index is 5.26. The second kappa shape index (κ2) is 6.29. The summed E-state index contributed by atoms with van der Waals surface area (Å²) in [6.07, 6.45) is 7.51. The number of hydrogen-bond donors (Lipinski definition) is 0. The largest absolute Gasteiger partial charge is 0.481 e. The van der Waals surface area contributed by atoms with Gasteiger partial charge in [-0.05, 0) is 29.2 Å². The standard InChI is InChI=1S/C14H23NOS/c1-6-9-17-13-10-11(14(2,3)4)7-8-12(15-13)16-5/h7-8,10,13H,6,9H2,1-5H3. The van der Waals surface area contributed by atoms with Gasteiger partial charge in [0.2, 0.25) is 5.90 Å². The van der Waals surface area contributed by atoms with Crippen LogP contribution in [0.2, 0.25) is 0 Å². The minimum absolute atomic E-state index is 0.153. The van der Waals surface area contributed by atoms with Crippen LogP contribution in [0, 0.1) is 5.41 Å². The number of aliphatic imine (C=N–C) groups is 1. The predicted octanol–water partition coefficient (Wildman–Crippen LogP) is 4.04. The second-order valence-corrected chi connectivity index (χ2v) is 6.36. The highest BCUT2D eigenvalue weighted by molar-refractivity contribution is 8.00. The van der Waals surface area contributed by atoms with Gasteiger partial charge < -0.3 is 4.74 Å². The molecular formula is C14H23NOS. The molecule has 1 unspecified atom stereocenters. The molecule has 0 fully saturated rings. The molecule has 1 aliphatic rings. The number of methoxy groups -OCH3 is 1. The maximum Gasteiger partial charge on any atom is 0.209 e. The normalized spacial score (nSPS) is 20.6. The Bertz CT molecular complexity index is 337. The topological polar surface area (TPSA) is 21.6 Å². The Balaban J connectivity index is 2.91. The van der Waals surface area contributed by atoms with Gasteiger partial charge in [0.25, 0.3) is 0 Å². The van der Waals surface area contributed by atoms with Gasteiger partial charge in [-0.2, -0.15) is 0 Å². The van der Waals surface area contributed by atoms with Gasteiger partial charge >= 0.3 is 0 Å². The Labute approximate surface area is 109 Å². The van der Waals surface area contributed by atoms with E-state index >= 15 is 0 Å². The van der Waals surface area contributed by atoms with Crippen molar-refractivity contribution in [2.75, 3.05) is 12.9 Å². The van der Waals surface area contributed by atoms with E-state index in [1.54, 1.807) is 7.11 Å². The summed E-state index contributed by atoms with van der Waals surface area (Å²) in [6, 6.07) is 0. The second-order valence-electron chi connectivity index (χ2n) is 5.14. The van der Waals surface area contributed by atoms with E-state index in [4.69, 9.17) is 4.74 Å². The van der Waals surface area contributed by atoms with Gasteiger partial charge in [0.05, 0.1) is 7.11 Å². The van der Waals surface area contributed by atoms with Crippen molar-refractivity contribution in [2.45, 2.75) is 39.5 Å². The number of rotatable bonds is 3. The third kappa shape index (κ3) is 4.58. The summed E-state index contributed by atoms with van der Waals surface area (Å²) in [7, 11) is 1.67. The molecule has 2 nitrogen and oxygen atoms in total. The molecule has 0 N–H and O–H groups in total. The van der Waals surface area contributed by atoms with E-state index in [1.165, 1.54) is 12.0 Å². The molecule has 0 radical (unpaired) electrons. The van der Waals surface area contributed by atoms with Gasteiger partial charge in [-0.3, -0.25) is 0 Å². The third-order valence-corrected chi connectivity index (χ3v) is 3.78. The smallest absolute Gasteiger partial charge is 0.209 e. The summed E-state index contributed by atoms with van der Waals surface area (Å²) in [4.78, 5) is 4.59. The van der Waals surface area contributed by atoms with Crippen molar-refractivity contribution in [2.24, 2.45) is 10.4 Å². The molecule has 1 heterocycles. The number of allylic oxidation sites excluding steroid dienone is 2. The highest BCUT2D eigenvalue weighted by Gasteiger charge is 2.19. The Morgan fingerprint density at radius 2 is 2.06 bits per heavy atom. The Morgan fingerprint density at radius 3 is 2.59 bits per heavy atom. The zero-order chi connectivity index (χ0) is 12.9. The molecule has 0 aromatic heterocycles. The van der Waals surface area contributed by atoms with Crippen molar-refractivity contribution in [3.63, 3.8) is 0 Å². The molecule has 0 amide bonds. The van der Waals surface area contributed by atoms with Crippen molar-refractivity contribution < 1.29 is 4.74 Å². The first-order valence-electron chi connectivity index (χ1n) is 6.11. The van der Waals surface area contributed by atoms with Gasteiger partial charge in [0.15, 0.2) is 0 Å². The molecule has 0 aliphatic carbocycles. The van der Waals surface area contributed by atoms with E-state index in [2.05, 4.69) is 44.8 Å². The molecule has 0 saturated heterocycles. The van der Waals surface area contributed by atoms with E-state index in [0.29, 0.717) is 5.90 Å². The van der Waals surface area contributed by atoms with E-state index in [-0.39, 0.29) is 10.8 Å². The van der Waals surface area contributed by atoms with Crippen LogP contribution in [0.1, 0.15) is 34.1 Å². The molecule has 3 heteroatoms. The minimum atomic E-state index is 0.153. The highest BCUT2D eigenvalue weighted by Crippen LogP contribution is 2.30. The summed E-state index contributed by atoms with van der Waals surface area (Å²) < 4.78 is 5.26. The van der Waals surface area contributed by atoms with Crippen molar-refractivity contribution >= 4 is 17.7 Å². The van der Waals surface area contributed by atoms with Crippen LogP contribution in [0.4, 0.5) is 0 Å². The summed E-state index contributed by atoms with van der Waals surface area (Å²) in [5, 5.41) is 0.175. The Hall–Kier alpha value is -0.700. The lowest BCUT2D eigenvalue weighted by atomic mass is 9.86. The SMILES string of the molecule is CCCSC1C=C(C(C)(C)C)C=CC(OC)=N1. The quantitative estimate of drug-likeness (QED) is 0.757. The van der Waals surface area contributed by atoms with E-state index in [9.17, 15) is 0 Å². The minimum Gasteiger partial charge on any atom is -0.481 e. The van der Waals surface area contributed by atoms with Gasteiger partial charge in [0, 0.05) is 6.08 Å². The molecular weight excluding hydrogens is 230 g/mol. The van der Waals surface area contributed by atoms with E-state index in [0.717, 1.165) is 5.75 Å². The Kier molecular flexibility index (Phi) is 5.31. The summed E-state index contributed by atoms with van der Waals surface area (Å²) in [5.74, 6) is 1.84. The zero-order valence-electron chi connectivity index (χ0n) is 11.5. The first-order chi connectivity index (χ1) is 7.97. The first kappa shape index (κ1) is 14.4. The average Bonchev–Trinajstić information content (AvgIpc) is 2.47. The molecule has 0 saturated carbocycles. The molecule has 0 aromatic rings. The number of nitrogens with zero attached hydrogens (tertiary/aromatic N) is 1. The third-order valence-electron chi connectivity index (χ3n) is 2.55. The summed E-state index contributed by atoms with van der Waals surface area (Å²) in [6.45, 7) is 8.87. The van der Waals surface area contributed by atoms with Crippen LogP contribution in [0.25, 0.3) is 0 Å². The molecule has 1 aliphatic heterocycles. The lowest BCUT2D eigenvalue weighted by molar-refractivity contribution is 0.405. The monoisotopic (exact) mass is 253 g/mol. The number of ether oxygens (including phenoxy) is 1. The number of hydrogen-bond acceptors (Lipinski definition) is 3. The van der Waals surface area contributed by atoms with Gasteiger partial charge in [-0.1, -0.05) is 33.8 Å². The van der Waals surface area contributed by atoms with E-state index in [1.807, 2.05) is 17.8 Å². The lowest BCUT2D eigenvalue weighted by Gasteiger charge is -2.21. The van der Waals surface area contributed by atoms with Crippen LogP contribution >= 0.6 is 11.8 Å². The summed E-state index contributed by atoms with van der Waals surface area (Å²) >= 11 is 1.87. The van der Waals surface area contributed by atoms with Crippen molar-refractivity contribution in [3.8, 4) is 0 Å². The van der Waals surface area contributed by atoms with Crippen LogP contribution in [-0.2, 0) is 4.74 Å². The van der Waals surface area contributed by atoms with Gasteiger partial charge in [0.1, 0.15) is 5.37 Å². The van der Waals surface area contributed by atoms with Crippen molar-refractivity contribution in [1.82, 2.24) is 0 Å². The molecule has 1 atom stereocenters. The average molecular weight is 253 g/mol. The van der Waals surface area contributed by atoms with Gasteiger partial charge in [-0.15, -0.1) is 11.8 Å². The van der Waals surface area contributed by atoms with Crippen molar-refractivity contribution in [1.29, 1.82) is 0 Å². The summed E-state index contributed by atoms with van der Waals surface area (Å²) in [5.41, 5.74) is 1.47. The maximum absolute atomic E-state index is 5.26. The zero-order valence-corrected chi connectivity index (χ0v) is 12.3. The van der Waals surface area contributed by atoms with Crippen LogP contribution in [-0.4, -0.2) is 24.1 Å². The highest BCUT2D eigenvalue weighted by atomic mass is 32.2. The molecule has 0 spiro atoms. The Morgan fingerprint density at radius 1 is 1.35 bits per heavy atom. The molecule has 96 valence electrons. The van der Waals surface area contributed by atoms with Crippen LogP contribution in [0.5, 0.6) is 0 Å². The molecule has 17 heavy (non-hydrogen) atoms. The van der Waals surface area contributed by atoms with Crippen LogP contribution in [0.3, 0.4) is 0 Å². The van der Waals surface area contributed by atoms with Gasteiger partial charge in [-0.25, -0.2) is 4.99 Å². The number of thioether (sulfide) groups is 1. The first-order valence-corrected chi connectivity index (χ1v) is 7.16. The lowest BCUT2D eigenvalue weighted by Crippen LogP contribution is -2.09. The fourth-order valence-corrected chi connectivity index (χ4v) is 2.42. The molecule has 0 aromatic carbocycles. The fraction of sp³-hybridized carbons (Fsp3) is 0.643. The molecule has 0 bridgehead atoms. The van der Waals surface area contributed by atoms with Crippen LogP contribution < -0.4 is 0 Å². The fourth-order valence-electron chi connectivity index (χ4n) is 1.52. The molecule has 1 rings (SSSR count). The predicted molar refractivity (Wildman–Crippen MR) is 77.7 cm³/mol. The van der Waals surface area contributed by atoms with E-state index < -0.39 is 0 Å².